The van der Waals surface area contributed by atoms with E-state index in [1.54, 1.807) is 29.2 Å². The number of likely N-dealkylation sites (N-methyl/N-ethyl adjacent to an activating group) is 1. The number of nitrogens with zero attached hydrogens (tertiary/aromatic N) is 1. The molecule has 5 nitrogen and oxygen atoms in total. The van der Waals surface area contributed by atoms with Gasteiger partial charge in [-0.2, -0.15) is 0 Å². The van der Waals surface area contributed by atoms with Crippen LogP contribution in [-0.2, 0) is 0 Å². The van der Waals surface area contributed by atoms with Gasteiger partial charge in [-0.15, -0.1) is 0 Å². The summed E-state index contributed by atoms with van der Waals surface area (Å²) < 4.78 is 5.63. The summed E-state index contributed by atoms with van der Waals surface area (Å²) in [5.41, 5.74) is 0.280. The highest BCUT2D eigenvalue weighted by Crippen LogP contribution is 2.20. The normalized spacial score (nSPS) is 18.3. The maximum atomic E-state index is 12.6. The first-order valence-corrected chi connectivity index (χ1v) is 7.19. The topological polar surface area (TPSA) is 62.6 Å². The monoisotopic (exact) mass is 286 g/mol. The minimum atomic E-state index is -0.199. The average molecular weight is 286 g/mol. The molecule has 0 spiro atoms. The zero-order valence-electron chi connectivity index (χ0n) is 12.0. The molecule has 110 valence electrons. The summed E-state index contributed by atoms with van der Waals surface area (Å²) in [5, 5.41) is 3.60. The van der Waals surface area contributed by atoms with Crippen molar-refractivity contribution in [1.82, 2.24) is 10.2 Å². The van der Waals surface area contributed by atoms with E-state index in [2.05, 4.69) is 5.32 Å². The van der Waals surface area contributed by atoms with Crippen molar-refractivity contribution in [3.63, 3.8) is 0 Å². The van der Waals surface area contributed by atoms with E-state index in [1.165, 1.54) is 6.07 Å². The molecule has 2 aromatic rings. The number of para-hydroxylation sites is 1. The summed E-state index contributed by atoms with van der Waals surface area (Å²) in [6.07, 6.45) is 1.96. The molecule has 0 saturated carbocycles. The number of likely N-dealkylation sites (tertiary alicyclic amines) is 1. The van der Waals surface area contributed by atoms with Crippen LogP contribution in [0.2, 0.25) is 0 Å². The molecule has 0 bridgehead atoms. The summed E-state index contributed by atoms with van der Waals surface area (Å²) >= 11 is 0. The second-order valence-electron chi connectivity index (χ2n) is 5.32. The zero-order valence-corrected chi connectivity index (χ0v) is 12.0. The van der Waals surface area contributed by atoms with E-state index in [1.807, 2.05) is 7.05 Å². The Labute approximate surface area is 122 Å². The highest BCUT2D eigenvalue weighted by Gasteiger charge is 2.30. The molecule has 1 fully saturated rings. The Balaban J connectivity index is 1.96. The predicted octanol–water partition coefficient (Wildman–Crippen LogP) is 1.62. The number of fused-ring (bicyclic) bond motifs is 1. The van der Waals surface area contributed by atoms with Crippen LogP contribution in [0.25, 0.3) is 11.0 Å². The molecule has 21 heavy (non-hydrogen) atoms. The van der Waals surface area contributed by atoms with Crippen LogP contribution in [0.4, 0.5) is 0 Å². The van der Waals surface area contributed by atoms with E-state index in [4.69, 9.17) is 4.42 Å². The van der Waals surface area contributed by atoms with Crippen molar-refractivity contribution in [3.8, 4) is 0 Å². The van der Waals surface area contributed by atoms with Crippen LogP contribution >= 0.6 is 0 Å². The van der Waals surface area contributed by atoms with Crippen LogP contribution in [-0.4, -0.2) is 37.0 Å². The number of nitrogens with one attached hydrogen (secondary N) is 1. The minimum Gasteiger partial charge on any atom is -0.451 e. The number of hydrogen-bond acceptors (Lipinski definition) is 4. The van der Waals surface area contributed by atoms with Gasteiger partial charge in [0.1, 0.15) is 5.58 Å². The Bertz CT molecular complexity index is 723. The molecule has 1 unspecified atom stereocenters. The lowest BCUT2D eigenvalue weighted by atomic mass is 10.2. The Morgan fingerprint density at radius 1 is 1.43 bits per heavy atom. The third-order valence-electron chi connectivity index (χ3n) is 3.92. The molecule has 0 radical (unpaired) electrons. The quantitative estimate of drug-likeness (QED) is 0.931. The zero-order chi connectivity index (χ0) is 14.8. The van der Waals surface area contributed by atoms with Gasteiger partial charge in [0, 0.05) is 25.2 Å². The molecule has 3 rings (SSSR count). The Morgan fingerprint density at radius 2 is 2.24 bits per heavy atom. The largest absolute Gasteiger partial charge is 0.451 e. The van der Waals surface area contributed by atoms with Gasteiger partial charge in [0.2, 0.25) is 0 Å². The lowest BCUT2D eigenvalue weighted by Gasteiger charge is -2.23. The third kappa shape index (κ3) is 2.56. The molecule has 1 amide bonds. The molecule has 1 aliphatic heterocycles. The van der Waals surface area contributed by atoms with Crippen molar-refractivity contribution in [3.05, 3.63) is 46.3 Å². The Kier molecular flexibility index (Phi) is 3.75. The summed E-state index contributed by atoms with van der Waals surface area (Å²) in [6.45, 7) is 1.46. The van der Waals surface area contributed by atoms with E-state index in [0.29, 0.717) is 17.5 Å². The fourth-order valence-corrected chi connectivity index (χ4v) is 2.90. The van der Waals surface area contributed by atoms with Gasteiger partial charge in [-0.3, -0.25) is 9.59 Å². The maximum Gasteiger partial charge on any atom is 0.290 e. The number of carbonyl (C=O) groups excluding carboxylic acids is 1. The second kappa shape index (κ2) is 5.69. The van der Waals surface area contributed by atoms with Crippen molar-refractivity contribution in [1.29, 1.82) is 0 Å². The first-order valence-electron chi connectivity index (χ1n) is 7.19. The fourth-order valence-electron chi connectivity index (χ4n) is 2.90. The van der Waals surface area contributed by atoms with Gasteiger partial charge in [0.15, 0.2) is 11.2 Å². The number of hydrogen-bond donors (Lipinski definition) is 1. The summed E-state index contributed by atoms with van der Waals surface area (Å²) in [4.78, 5) is 26.5. The SMILES string of the molecule is CNCC1CCCN1C(=O)c1cc(=O)c2ccccc2o1. The summed E-state index contributed by atoms with van der Waals surface area (Å²) in [5.74, 6) is -0.0719. The van der Waals surface area contributed by atoms with Crippen molar-refractivity contribution in [2.24, 2.45) is 0 Å². The van der Waals surface area contributed by atoms with E-state index < -0.39 is 0 Å². The van der Waals surface area contributed by atoms with Gasteiger partial charge in [-0.1, -0.05) is 12.1 Å². The van der Waals surface area contributed by atoms with Gasteiger partial charge in [0.25, 0.3) is 5.91 Å². The van der Waals surface area contributed by atoms with E-state index in [-0.39, 0.29) is 23.1 Å². The summed E-state index contributed by atoms with van der Waals surface area (Å²) in [6, 6.07) is 8.46. The first kappa shape index (κ1) is 13.8. The number of amides is 1. The molecule has 1 aromatic heterocycles. The number of carbonyl (C=O) groups is 1. The molecule has 5 heteroatoms. The van der Waals surface area contributed by atoms with Gasteiger partial charge in [-0.05, 0) is 32.0 Å². The van der Waals surface area contributed by atoms with Crippen LogP contribution in [0.5, 0.6) is 0 Å². The fraction of sp³-hybridized carbons (Fsp3) is 0.375. The van der Waals surface area contributed by atoms with Crippen LogP contribution in [0, 0.1) is 0 Å². The Hall–Kier alpha value is -2.14. The standard InChI is InChI=1S/C16H18N2O3/c1-17-10-11-5-4-8-18(11)16(20)15-9-13(19)12-6-2-3-7-14(12)21-15/h2-3,6-7,9,11,17H,4-5,8,10H2,1H3. The van der Waals surface area contributed by atoms with E-state index >= 15 is 0 Å². The lowest BCUT2D eigenvalue weighted by molar-refractivity contribution is 0.0705. The van der Waals surface area contributed by atoms with Crippen LogP contribution in [0.3, 0.4) is 0 Å². The van der Waals surface area contributed by atoms with Gasteiger partial charge >= 0.3 is 0 Å². The van der Waals surface area contributed by atoms with Crippen molar-refractivity contribution < 1.29 is 9.21 Å². The van der Waals surface area contributed by atoms with Crippen LogP contribution < -0.4 is 10.7 Å². The summed E-state index contributed by atoms with van der Waals surface area (Å²) in [7, 11) is 1.87. The molecule has 1 saturated heterocycles. The van der Waals surface area contributed by atoms with Gasteiger partial charge < -0.3 is 14.6 Å². The third-order valence-corrected chi connectivity index (χ3v) is 3.92. The molecule has 1 aliphatic rings. The second-order valence-corrected chi connectivity index (χ2v) is 5.32. The van der Waals surface area contributed by atoms with Crippen LogP contribution in [0.15, 0.2) is 39.5 Å². The van der Waals surface area contributed by atoms with Crippen molar-refractivity contribution >= 4 is 16.9 Å². The molecule has 1 aromatic carbocycles. The van der Waals surface area contributed by atoms with Crippen molar-refractivity contribution in [2.45, 2.75) is 18.9 Å². The first-order chi connectivity index (χ1) is 10.2. The van der Waals surface area contributed by atoms with Gasteiger partial charge in [-0.25, -0.2) is 0 Å². The lowest BCUT2D eigenvalue weighted by Crippen LogP contribution is -2.41. The van der Waals surface area contributed by atoms with E-state index in [0.717, 1.165) is 19.4 Å². The smallest absolute Gasteiger partial charge is 0.290 e. The highest BCUT2D eigenvalue weighted by atomic mass is 16.3. The number of benzene rings is 1. The molecular weight excluding hydrogens is 268 g/mol. The van der Waals surface area contributed by atoms with Crippen molar-refractivity contribution in [2.75, 3.05) is 20.1 Å². The predicted molar refractivity (Wildman–Crippen MR) is 80.5 cm³/mol. The molecule has 1 atom stereocenters. The van der Waals surface area contributed by atoms with Crippen LogP contribution in [0.1, 0.15) is 23.4 Å². The minimum absolute atomic E-state index is 0.127. The van der Waals surface area contributed by atoms with Gasteiger partial charge in [0.05, 0.1) is 5.39 Å². The maximum absolute atomic E-state index is 12.6. The molecular formula is C16H18N2O3. The average Bonchev–Trinajstić information content (AvgIpc) is 2.95. The number of rotatable bonds is 3. The van der Waals surface area contributed by atoms with E-state index in [9.17, 15) is 9.59 Å². The Morgan fingerprint density at radius 3 is 3.05 bits per heavy atom. The highest BCUT2D eigenvalue weighted by molar-refractivity contribution is 5.93. The molecule has 2 heterocycles. The molecule has 1 N–H and O–H groups in total. The molecule has 0 aliphatic carbocycles.